The van der Waals surface area contributed by atoms with Crippen molar-refractivity contribution in [2.24, 2.45) is 0 Å². The smallest absolute Gasteiger partial charge is 0.0720 e. The fourth-order valence-corrected chi connectivity index (χ4v) is 1.87. The van der Waals surface area contributed by atoms with Gasteiger partial charge in [0.25, 0.3) is 0 Å². The summed E-state index contributed by atoms with van der Waals surface area (Å²) in [5.74, 6) is 0. The Bertz CT molecular complexity index is 122. The van der Waals surface area contributed by atoms with Gasteiger partial charge >= 0.3 is 0 Å². The van der Waals surface area contributed by atoms with Gasteiger partial charge in [-0.05, 0) is 19.8 Å². The van der Waals surface area contributed by atoms with Crippen LogP contribution in [0.2, 0.25) is 0 Å². The molecule has 0 spiro atoms. The lowest BCUT2D eigenvalue weighted by Gasteiger charge is -2.37. The van der Waals surface area contributed by atoms with Crippen molar-refractivity contribution in [2.75, 3.05) is 7.05 Å². The van der Waals surface area contributed by atoms with Crippen molar-refractivity contribution < 1.29 is 9.11 Å². The summed E-state index contributed by atoms with van der Waals surface area (Å²) < 4.78 is 20.8. The Labute approximate surface area is 56.9 Å². The molecule has 1 aliphatic rings. The first-order valence-corrected chi connectivity index (χ1v) is 4.53. The van der Waals surface area contributed by atoms with Gasteiger partial charge < -0.3 is 0 Å². The second kappa shape index (κ2) is 1.85. The van der Waals surface area contributed by atoms with Gasteiger partial charge in [-0.3, -0.25) is 9.11 Å². The van der Waals surface area contributed by atoms with Crippen LogP contribution in [0.4, 0.5) is 0 Å². The molecule has 1 saturated carbocycles. The molecule has 3 N–H and O–H groups in total. The predicted octanol–water partition coefficient (Wildman–Crippen LogP) is 1.42. The van der Waals surface area contributed by atoms with Gasteiger partial charge in [-0.1, -0.05) is 0 Å². The minimum absolute atomic E-state index is 0.220. The third-order valence-electron chi connectivity index (χ3n) is 1.93. The zero-order valence-electron chi connectivity index (χ0n) is 5.72. The average molecular weight is 151 g/mol. The highest BCUT2D eigenvalue weighted by Gasteiger charge is 2.48. The van der Waals surface area contributed by atoms with Crippen LogP contribution in [-0.4, -0.2) is 20.9 Å². The molecule has 1 aliphatic carbocycles. The molecule has 1 rings (SSSR count). The SMILES string of the molecule is CNS(O)(O)C1(C)CC1. The average Bonchev–Trinajstić information content (AvgIpc) is 2.49. The van der Waals surface area contributed by atoms with E-state index >= 15 is 0 Å². The monoisotopic (exact) mass is 151 g/mol. The van der Waals surface area contributed by atoms with E-state index < -0.39 is 10.8 Å². The standard InChI is InChI=1S/C5H13NO2S/c1-5(3-4-5)9(7,8)6-2/h6-8H,3-4H2,1-2H3. The summed E-state index contributed by atoms with van der Waals surface area (Å²) >= 11 is 0. The molecular weight excluding hydrogens is 138 g/mol. The quantitative estimate of drug-likeness (QED) is 0.559. The summed E-state index contributed by atoms with van der Waals surface area (Å²) in [6.07, 6.45) is 1.85. The van der Waals surface area contributed by atoms with Crippen LogP contribution >= 0.6 is 10.8 Å². The number of nitrogens with one attached hydrogen (secondary N) is 1. The minimum atomic E-state index is -2.47. The van der Waals surface area contributed by atoms with E-state index in [1.165, 1.54) is 0 Å². The Morgan fingerprint density at radius 3 is 2.00 bits per heavy atom. The third kappa shape index (κ3) is 1.08. The molecular formula is C5H13NO2S. The highest BCUT2D eigenvalue weighted by Crippen LogP contribution is 2.62. The molecule has 0 amide bonds. The van der Waals surface area contributed by atoms with E-state index in [9.17, 15) is 9.11 Å². The second-order valence-corrected chi connectivity index (χ2v) is 5.19. The molecule has 0 aromatic rings. The van der Waals surface area contributed by atoms with E-state index in [1.54, 1.807) is 7.05 Å². The lowest BCUT2D eigenvalue weighted by Crippen LogP contribution is -2.26. The Balaban J connectivity index is 2.58. The molecule has 0 unspecified atom stereocenters. The zero-order valence-corrected chi connectivity index (χ0v) is 6.53. The Kier molecular flexibility index (Phi) is 1.51. The van der Waals surface area contributed by atoms with Gasteiger partial charge in [0.2, 0.25) is 0 Å². The van der Waals surface area contributed by atoms with Crippen molar-refractivity contribution in [1.29, 1.82) is 0 Å². The molecule has 0 aliphatic heterocycles. The van der Waals surface area contributed by atoms with Gasteiger partial charge in [0.1, 0.15) is 0 Å². The zero-order chi connectivity index (χ0) is 7.12. The summed E-state index contributed by atoms with van der Waals surface area (Å²) in [6, 6.07) is 0. The van der Waals surface area contributed by atoms with E-state index in [1.807, 2.05) is 6.92 Å². The van der Waals surface area contributed by atoms with Crippen LogP contribution < -0.4 is 4.72 Å². The minimum Gasteiger partial charge on any atom is -0.285 e. The Morgan fingerprint density at radius 1 is 1.44 bits per heavy atom. The van der Waals surface area contributed by atoms with E-state index in [-0.39, 0.29) is 4.75 Å². The van der Waals surface area contributed by atoms with E-state index in [2.05, 4.69) is 4.72 Å². The van der Waals surface area contributed by atoms with Gasteiger partial charge in [-0.15, -0.1) is 10.8 Å². The molecule has 0 atom stereocenters. The molecule has 0 radical (unpaired) electrons. The first-order chi connectivity index (χ1) is 4.02. The summed E-state index contributed by atoms with van der Waals surface area (Å²) in [6.45, 7) is 1.89. The lowest BCUT2D eigenvalue weighted by atomic mass is 10.5. The Hall–Kier alpha value is 0.230. The van der Waals surface area contributed by atoms with Crippen LogP contribution in [0, 0.1) is 0 Å². The molecule has 0 bridgehead atoms. The topological polar surface area (TPSA) is 52.5 Å². The van der Waals surface area contributed by atoms with Crippen molar-refractivity contribution in [3.8, 4) is 0 Å². The maximum Gasteiger partial charge on any atom is 0.0720 e. The van der Waals surface area contributed by atoms with E-state index in [0.717, 1.165) is 12.8 Å². The Morgan fingerprint density at radius 2 is 1.89 bits per heavy atom. The fraction of sp³-hybridized carbons (Fsp3) is 1.00. The van der Waals surface area contributed by atoms with Gasteiger partial charge in [-0.2, -0.15) is 0 Å². The van der Waals surface area contributed by atoms with Crippen LogP contribution in [0.3, 0.4) is 0 Å². The number of rotatable bonds is 2. The van der Waals surface area contributed by atoms with Crippen molar-refractivity contribution in [3.05, 3.63) is 0 Å². The molecule has 0 saturated heterocycles. The lowest BCUT2D eigenvalue weighted by molar-refractivity contribution is 0.459. The molecule has 3 nitrogen and oxygen atoms in total. The fourth-order valence-electron chi connectivity index (χ4n) is 0.707. The molecule has 9 heavy (non-hydrogen) atoms. The second-order valence-electron chi connectivity index (χ2n) is 2.70. The molecule has 0 aromatic heterocycles. The summed E-state index contributed by atoms with van der Waals surface area (Å²) in [5.41, 5.74) is 0. The van der Waals surface area contributed by atoms with Crippen molar-refractivity contribution in [1.82, 2.24) is 4.72 Å². The molecule has 56 valence electrons. The summed E-state index contributed by atoms with van der Waals surface area (Å²) in [7, 11) is -0.892. The van der Waals surface area contributed by atoms with Crippen LogP contribution in [-0.2, 0) is 0 Å². The van der Waals surface area contributed by atoms with Crippen molar-refractivity contribution >= 4 is 10.8 Å². The largest absolute Gasteiger partial charge is 0.285 e. The molecule has 0 aromatic carbocycles. The normalized spacial score (nSPS) is 25.8. The summed E-state index contributed by atoms with van der Waals surface area (Å²) in [5, 5.41) is 0. The highest BCUT2D eigenvalue weighted by molar-refractivity contribution is 8.24. The van der Waals surface area contributed by atoms with Crippen LogP contribution in [0.1, 0.15) is 19.8 Å². The molecule has 0 heterocycles. The van der Waals surface area contributed by atoms with Crippen molar-refractivity contribution in [2.45, 2.75) is 24.5 Å². The number of hydrogen-bond donors (Lipinski definition) is 3. The third-order valence-corrected chi connectivity index (χ3v) is 4.28. The van der Waals surface area contributed by atoms with Crippen LogP contribution in [0.25, 0.3) is 0 Å². The van der Waals surface area contributed by atoms with E-state index in [0.29, 0.717) is 0 Å². The van der Waals surface area contributed by atoms with Crippen LogP contribution in [0.5, 0.6) is 0 Å². The van der Waals surface area contributed by atoms with Crippen LogP contribution in [0.15, 0.2) is 0 Å². The van der Waals surface area contributed by atoms with Gasteiger partial charge in [0.05, 0.1) is 4.75 Å². The summed E-state index contributed by atoms with van der Waals surface area (Å²) in [4.78, 5) is 0. The first kappa shape index (κ1) is 7.34. The number of hydrogen-bond acceptors (Lipinski definition) is 3. The van der Waals surface area contributed by atoms with E-state index in [4.69, 9.17) is 0 Å². The first-order valence-electron chi connectivity index (χ1n) is 2.98. The maximum absolute atomic E-state index is 9.25. The van der Waals surface area contributed by atoms with Gasteiger partial charge in [0.15, 0.2) is 0 Å². The van der Waals surface area contributed by atoms with Gasteiger partial charge in [0, 0.05) is 7.05 Å². The predicted molar refractivity (Wildman–Crippen MR) is 39.5 cm³/mol. The molecule has 4 heteroatoms. The van der Waals surface area contributed by atoms with Gasteiger partial charge in [-0.25, -0.2) is 4.72 Å². The molecule has 1 fully saturated rings. The van der Waals surface area contributed by atoms with Crippen molar-refractivity contribution in [3.63, 3.8) is 0 Å². The highest BCUT2D eigenvalue weighted by atomic mass is 32.3. The maximum atomic E-state index is 9.25.